The Bertz CT molecular complexity index is 6340. The molecule has 31 heteroatoms. The van der Waals surface area contributed by atoms with Crippen LogP contribution in [0.4, 0.5) is 34.9 Å². The van der Waals surface area contributed by atoms with Crippen molar-refractivity contribution in [3.63, 3.8) is 0 Å². The second-order valence-electron chi connectivity index (χ2n) is 30.9. The van der Waals surface area contributed by atoms with Crippen LogP contribution in [-0.2, 0) is 6.54 Å². The number of benzene rings is 6. The largest absolute Gasteiger partial charge is 0.495 e. The number of hydrogen-bond donors (Lipinski definition) is 10. The average molecular weight is 1610 g/mol. The Labute approximate surface area is 681 Å². The molecule has 10 heterocycles. The van der Waals surface area contributed by atoms with E-state index in [9.17, 15) is 24.6 Å². The highest BCUT2D eigenvalue weighted by Gasteiger charge is 2.30. The maximum atomic E-state index is 12.8. The Hall–Kier alpha value is -13.7. The van der Waals surface area contributed by atoms with Crippen molar-refractivity contribution in [3.8, 4) is 62.5 Å². The molecule has 3 saturated carbocycles. The third-order valence-corrected chi connectivity index (χ3v) is 21.7. The number of rotatable bonds is 23. The minimum atomic E-state index is -0.755. The van der Waals surface area contributed by atoms with E-state index in [0.29, 0.717) is 127 Å². The Kier molecular flexibility index (Phi) is 21.7. The van der Waals surface area contributed by atoms with Crippen molar-refractivity contribution in [2.24, 2.45) is 0 Å². The number of anilines is 6. The molecule has 6 aromatic carbocycles. The summed E-state index contributed by atoms with van der Waals surface area (Å²) in [6.45, 7) is 9.46. The molecule has 19 rings (SSSR count). The van der Waals surface area contributed by atoms with E-state index in [1.807, 2.05) is 112 Å². The monoisotopic (exact) mass is 1610 g/mol. The molecule has 31 nitrogen and oxygen atoms in total. The molecule has 3 fully saturated rings. The number of carbonyl (C=O) groups is 3. The summed E-state index contributed by atoms with van der Waals surface area (Å²) in [6, 6.07) is 33.6. The van der Waals surface area contributed by atoms with E-state index in [0.717, 1.165) is 160 Å². The molecule has 0 unspecified atom stereocenters. The third kappa shape index (κ3) is 16.6. The zero-order chi connectivity index (χ0) is 82.2. The number of aromatic nitrogens is 12. The van der Waals surface area contributed by atoms with Crippen LogP contribution in [0.1, 0.15) is 145 Å². The molecule has 610 valence electrons. The van der Waals surface area contributed by atoms with Gasteiger partial charge in [-0.3, -0.25) is 14.4 Å². The SMILES string of the molecule is COc1cc(C(=O)N(C)CCO)ccc1Nc1nc(OC2CCCC2)c2c(-c3ccc4nc(C)oc4c3)c[nH]c2n1.COc1cc(C(=O)NC(C)(C)CO)ccc1Nc1nc(OC2CCCC2)c2c(-c3ccc4nc(C)oc4c3)c[nH]c2n1.Cc1nc2ccc(-c3c[nH]c4nc(Nc5ccc6c(c5)CNC6=O)nc(OC5CCCC5)c34)cc2o1. The number of hydrogen-bond acceptors (Lipinski definition) is 25. The minimum Gasteiger partial charge on any atom is -0.495 e. The number of nitrogens with zero attached hydrogens (tertiary/aromatic N) is 10. The zero-order valence-electron chi connectivity index (χ0n) is 67.0. The van der Waals surface area contributed by atoms with Gasteiger partial charge in [0.05, 0.1) is 60.5 Å². The molecule has 10 N–H and O–H groups in total. The van der Waals surface area contributed by atoms with Gasteiger partial charge in [-0.1, -0.05) is 18.2 Å². The van der Waals surface area contributed by atoms with Crippen LogP contribution in [0.3, 0.4) is 0 Å². The van der Waals surface area contributed by atoms with Gasteiger partial charge in [-0.25, -0.2) is 15.0 Å². The first-order valence-electron chi connectivity index (χ1n) is 39.9. The highest BCUT2D eigenvalue weighted by Crippen LogP contribution is 2.43. The molecule has 3 aliphatic carbocycles. The number of carbonyl (C=O) groups excluding carboxylic acids is 3. The van der Waals surface area contributed by atoms with Gasteiger partial charge in [-0.05, 0) is 204 Å². The number of fused-ring (bicyclic) bond motifs is 7. The van der Waals surface area contributed by atoms with Crippen LogP contribution >= 0.6 is 0 Å². The predicted octanol–water partition coefficient (Wildman–Crippen LogP) is 16.2. The average Bonchev–Trinajstić information content (AvgIpc) is 1.63. The molecule has 4 aliphatic rings. The summed E-state index contributed by atoms with van der Waals surface area (Å²) in [4.78, 5) is 90.6. The van der Waals surface area contributed by atoms with Crippen LogP contribution in [-0.4, -0.2) is 158 Å². The molecule has 0 spiro atoms. The number of aryl methyl sites for hydroxylation is 3. The molecule has 0 saturated heterocycles. The number of amides is 3. The number of H-pyrrole nitrogens is 3. The molecular formula is C88H90N18O13. The molecule has 0 bridgehead atoms. The Morgan fingerprint density at radius 1 is 0.504 bits per heavy atom. The molecule has 0 atom stereocenters. The van der Waals surface area contributed by atoms with Crippen LogP contribution in [0, 0.1) is 20.8 Å². The maximum Gasteiger partial charge on any atom is 0.253 e. The van der Waals surface area contributed by atoms with E-state index in [-0.39, 0.29) is 55.8 Å². The topological polar surface area (TPSA) is 404 Å². The first kappa shape index (κ1) is 77.9. The van der Waals surface area contributed by atoms with E-state index in [1.165, 1.54) is 19.1 Å². The summed E-state index contributed by atoms with van der Waals surface area (Å²) in [6.07, 6.45) is 18.8. The van der Waals surface area contributed by atoms with Crippen LogP contribution in [0.25, 0.3) is 99.8 Å². The number of nitrogens with one attached hydrogen (secondary N) is 8. The molecule has 3 amide bonds. The summed E-state index contributed by atoms with van der Waals surface area (Å²) in [5, 5.41) is 36.5. The van der Waals surface area contributed by atoms with E-state index < -0.39 is 5.54 Å². The second kappa shape index (κ2) is 33.1. The normalized spacial score (nSPS) is 14.4. The lowest BCUT2D eigenvalue weighted by atomic mass is 10.1. The van der Waals surface area contributed by atoms with Crippen LogP contribution in [0.2, 0.25) is 0 Å². The number of ether oxygens (including phenoxy) is 5. The summed E-state index contributed by atoms with van der Waals surface area (Å²) in [7, 11) is 4.71. The number of aromatic amines is 3. The fourth-order valence-corrected chi connectivity index (χ4v) is 15.7. The first-order chi connectivity index (χ1) is 57.8. The summed E-state index contributed by atoms with van der Waals surface area (Å²) < 4.78 is 47.9. The summed E-state index contributed by atoms with van der Waals surface area (Å²) in [5.41, 5.74) is 15.8. The lowest BCUT2D eigenvalue weighted by Crippen LogP contribution is -2.46. The summed E-state index contributed by atoms with van der Waals surface area (Å²) in [5.74, 6) is 4.80. The molecule has 1 aliphatic heterocycles. The van der Waals surface area contributed by atoms with Gasteiger partial charge in [0.25, 0.3) is 17.7 Å². The third-order valence-electron chi connectivity index (χ3n) is 21.7. The van der Waals surface area contributed by atoms with E-state index >= 15 is 0 Å². The van der Waals surface area contributed by atoms with E-state index in [1.54, 1.807) is 57.3 Å². The maximum absolute atomic E-state index is 12.8. The number of aliphatic hydroxyl groups is 2. The number of aliphatic hydroxyl groups excluding tert-OH is 2. The van der Waals surface area contributed by atoms with Gasteiger partial charge in [0, 0.05) is 98.6 Å². The zero-order valence-corrected chi connectivity index (χ0v) is 67.0. The fourth-order valence-electron chi connectivity index (χ4n) is 15.7. The number of methoxy groups -OCH3 is 2. The van der Waals surface area contributed by atoms with Crippen LogP contribution < -0.4 is 50.3 Å². The van der Waals surface area contributed by atoms with Gasteiger partial charge in [0.15, 0.2) is 34.4 Å². The van der Waals surface area contributed by atoms with E-state index in [2.05, 4.69) is 56.5 Å². The van der Waals surface area contributed by atoms with Gasteiger partial charge in [0.1, 0.15) is 63.3 Å². The first-order valence-corrected chi connectivity index (χ1v) is 39.9. The van der Waals surface area contributed by atoms with Crippen molar-refractivity contribution < 1.29 is 61.5 Å². The van der Waals surface area contributed by atoms with Gasteiger partial charge in [-0.15, -0.1) is 0 Å². The molecular weight excluding hydrogens is 1520 g/mol. The van der Waals surface area contributed by atoms with Gasteiger partial charge < -0.3 is 93.6 Å². The van der Waals surface area contributed by atoms with Crippen molar-refractivity contribution in [1.82, 2.24) is 75.3 Å². The highest BCUT2D eigenvalue weighted by molar-refractivity contribution is 6.03. The molecule has 15 aromatic rings. The highest BCUT2D eigenvalue weighted by atomic mass is 16.5. The lowest BCUT2D eigenvalue weighted by Gasteiger charge is -2.23. The predicted molar refractivity (Wildman–Crippen MR) is 450 cm³/mol. The van der Waals surface area contributed by atoms with Crippen LogP contribution in [0.15, 0.2) is 141 Å². The Morgan fingerprint density at radius 2 is 0.916 bits per heavy atom. The Balaban J connectivity index is 0.000000128. The number of oxazole rings is 3. The van der Waals surface area contributed by atoms with Crippen LogP contribution in [0.5, 0.6) is 29.1 Å². The molecule has 0 radical (unpaired) electrons. The Morgan fingerprint density at radius 3 is 1.33 bits per heavy atom. The van der Waals surface area contributed by atoms with Crippen molar-refractivity contribution in [2.45, 2.75) is 142 Å². The quantitative estimate of drug-likeness (QED) is 0.0284. The van der Waals surface area contributed by atoms with Crippen molar-refractivity contribution >= 4 is 119 Å². The van der Waals surface area contributed by atoms with Crippen molar-refractivity contribution in [3.05, 3.63) is 168 Å². The standard InChI is InChI=1S/C31H34N6O5.C30H32N6O5.C27H24N6O3/c1-17-33-23-11-9-18(13-25(23)41-17)21-15-32-27-26(21)29(42-20-7-5-6-8-20)36-30(35-27)34-22-12-10-19(14-24(22)40-4)28(39)37-31(2,3)16-38;1-17-32-23-10-8-18(14-25(23)40-17)21-16-31-27-26(21)28(41-20-6-4-5-7-20)35-30(34-27)33-22-11-9-19(15-24(22)39-3)29(38)36(2)12-13-37;1-14-30-21-9-6-15(11-22(21)35-14)20-13-28-24-23(20)26(36-18-4-2-3-5-18)33-27(32-24)31-17-7-8-19-16(10-17)12-29-25(19)34/h9-15,20,38H,5-8,16H2,1-4H3,(H,37,39)(H2,32,34,35,36);8-11,14-16,20,37H,4-7,12-13H2,1-3H3,(H2,31,33,34,35);6-11,13,18H,2-5,12H2,1H3,(H,29,34)(H2,28,31,32,33). The summed E-state index contributed by atoms with van der Waals surface area (Å²) >= 11 is 0. The van der Waals surface area contributed by atoms with Gasteiger partial charge >= 0.3 is 0 Å². The number of likely N-dealkylation sites (N-methyl/N-ethyl adjacent to an activating group) is 1. The van der Waals surface area contributed by atoms with E-state index in [4.69, 9.17) is 66.8 Å². The smallest absolute Gasteiger partial charge is 0.253 e. The van der Waals surface area contributed by atoms with Gasteiger partial charge in [-0.2, -0.15) is 29.9 Å². The second-order valence-corrected chi connectivity index (χ2v) is 30.9. The fraction of sp³-hybridized carbons (Fsp3) is 0.318. The van der Waals surface area contributed by atoms with Crippen molar-refractivity contribution in [2.75, 3.05) is 57.0 Å². The minimum absolute atomic E-state index is 0.0425. The van der Waals surface area contributed by atoms with Gasteiger partial charge in [0.2, 0.25) is 35.5 Å². The molecule has 9 aromatic heterocycles. The lowest BCUT2D eigenvalue weighted by molar-refractivity contribution is 0.0766. The molecule has 119 heavy (non-hydrogen) atoms. The van der Waals surface area contributed by atoms with Crippen molar-refractivity contribution in [1.29, 1.82) is 0 Å².